The number of nitrogens with one attached hydrogen (secondary N) is 2. The van der Waals surface area contributed by atoms with Crippen LogP contribution >= 0.6 is 11.6 Å². The van der Waals surface area contributed by atoms with Gasteiger partial charge in [-0.05, 0) is 50.5 Å². The molecule has 0 aromatic heterocycles. The zero-order chi connectivity index (χ0) is 20.1. The molecule has 1 fully saturated rings. The number of hydrazone groups is 1. The zero-order valence-electron chi connectivity index (χ0n) is 16.3. The van der Waals surface area contributed by atoms with E-state index in [-0.39, 0.29) is 18.6 Å². The van der Waals surface area contributed by atoms with Gasteiger partial charge in [-0.15, -0.1) is 0 Å². The fraction of sp³-hybridized carbons (Fsp3) is 0.500. The number of rotatable bonds is 4. The topological polar surface area (TPSA) is 60.0 Å². The van der Waals surface area contributed by atoms with Crippen molar-refractivity contribution < 1.29 is 9.18 Å². The molecule has 0 aliphatic carbocycles. The van der Waals surface area contributed by atoms with Crippen molar-refractivity contribution in [1.29, 1.82) is 0 Å². The van der Waals surface area contributed by atoms with Gasteiger partial charge in [0.1, 0.15) is 11.7 Å². The van der Waals surface area contributed by atoms with Crippen LogP contribution in [0.15, 0.2) is 29.4 Å². The quantitative estimate of drug-likeness (QED) is 0.805. The van der Waals surface area contributed by atoms with Crippen LogP contribution in [0.3, 0.4) is 0 Å². The number of piperidine rings is 1. The lowest BCUT2D eigenvalue weighted by Crippen LogP contribution is -2.54. The lowest BCUT2D eigenvalue weighted by atomic mass is 10.0. The highest BCUT2D eigenvalue weighted by Crippen LogP contribution is 2.21. The number of halogens is 2. The Morgan fingerprint density at radius 2 is 2.32 bits per heavy atom. The molecule has 2 amide bonds. The average Bonchev–Trinajstić information content (AvgIpc) is 2.71. The van der Waals surface area contributed by atoms with Crippen LogP contribution in [-0.4, -0.2) is 53.9 Å². The Labute approximate surface area is 170 Å². The summed E-state index contributed by atoms with van der Waals surface area (Å²) in [4.78, 5) is 16.8. The number of carbonyl (C=O) groups is 1. The van der Waals surface area contributed by atoms with Crippen molar-refractivity contribution in [2.24, 2.45) is 5.10 Å². The average molecular weight is 408 g/mol. The van der Waals surface area contributed by atoms with Crippen molar-refractivity contribution in [3.63, 3.8) is 0 Å². The van der Waals surface area contributed by atoms with Gasteiger partial charge in [0.05, 0.1) is 12.6 Å². The minimum absolute atomic E-state index is 0.0913. The summed E-state index contributed by atoms with van der Waals surface area (Å²) in [6, 6.07) is 2.88. The van der Waals surface area contributed by atoms with Gasteiger partial charge in [-0.3, -0.25) is 0 Å². The van der Waals surface area contributed by atoms with Gasteiger partial charge < -0.3 is 20.5 Å². The Morgan fingerprint density at radius 1 is 1.50 bits per heavy atom. The summed E-state index contributed by atoms with van der Waals surface area (Å²) in [6.45, 7) is 6.91. The number of urea groups is 1. The fourth-order valence-electron chi connectivity index (χ4n) is 3.67. The van der Waals surface area contributed by atoms with Crippen molar-refractivity contribution in [3.8, 4) is 0 Å². The second-order valence-electron chi connectivity index (χ2n) is 7.11. The summed E-state index contributed by atoms with van der Waals surface area (Å²) in [6.07, 6.45) is 5.99. The number of hydrogen-bond acceptors (Lipinski definition) is 4. The normalized spacial score (nSPS) is 19.1. The molecule has 1 atom stereocenters. The molecule has 8 heteroatoms. The second-order valence-corrected chi connectivity index (χ2v) is 7.52. The summed E-state index contributed by atoms with van der Waals surface area (Å²) in [5.41, 5.74) is 4.21. The van der Waals surface area contributed by atoms with Crippen molar-refractivity contribution in [2.45, 2.75) is 39.3 Å². The maximum Gasteiger partial charge on any atom is 0.317 e. The molecule has 0 unspecified atom stereocenters. The van der Waals surface area contributed by atoms with Gasteiger partial charge in [-0.1, -0.05) is 17.7 Å². The highest BCUT2D eigenvalue weighted by Gasteiger charge is 2.29. The zero-order valence-corrected chi connectivity index (χ0v) is 17.1. The number of nitrogens with zero attached hydrogens (tertiary/aromatic N) is 3. The molecule has 1 saturated heterocycles. The highest BCUT2D eigenvalue weighted by molar-refractivity contribution is 6.31. The van der Waals surface area contributed by atoms with Crippen molar-refractivity contribution in [2.75, 3.05) is 26.2 Å². The predicted molar refractivity (Wildman–Crippen MR) is 110 cm³/mol. The molecular weight excluding hydrogens is 381 g/mol. The van der Waals surface area contributed by atoms with Gasteiger partial charge in [0, 0.05) is 36.8 Å². The SMILES string of the molecule is CCN(C(=O)NCc1cc(C)c(Cl)cc1F)[C@H]1CCCN(C2=NNCC=C2)C1. The largest absolute Gasteiger partial charge is 0.353 e. The second kappa shape index (κ2) is 9.28. The minimum Gasteiger partial charge on any atom is -0.353 e. The Hall–Kier alpha value is -2.28. The number of amidine groups is 1. The lowest BCUT2D eigenvalue weighted by molar-refractivity contribution is 0.142. The highest BCUT2D eigenvalue weighted by atomic mass is 35.5. The van der Waals surface area contributed by atoms with E-state index in [0.717, 1.165) is 43.9 Å². The van der Waals surface area contributed by atoms with Crippen molar-refractivity contribution in [3.05, 3.63) is 46.3 Å². The van der Waals surface area contributed by atoms with Crippen LogP contribution in [0.4, 0.5) is 9.18 Å². The Morgan fingerprint density at radius 3 is 3.04 bits per heavy atom. The van der Waals surface area contributed by atoms with E-state index in [4.69, 9.17) is 11.6 Å². The van der Waals surface area contributed by atoms with Crippen LogP contribution in [0.25, 0.3) is 0 Å². The maximum atomic E-state index is 14.1. The molecule has 0 bridgehead atoms. The standard InChI is InChI=1S/C20H27ClFN5O/c1-3-27(16-6-5-9-26(13-16)19-7-4-8-24-25-19)20(28)23-12-15-10-14(2)17(21)11-18(15)22/h4,7,10-11,16,24H,3,5-6,8-9,12-13H2,1-2H3,(H,23,28)/t16-/m0/s1. The van der Waals surface area contributed by atoms with Gasteiger partial charge in [-0.25, -0.2) is 9.18 Å². The van der Waals surface area contributed by atoms with E-state index in [1.54, 1.807) is 6.07 Å². The third kappa shape index (κ3) is 4.76. The van der Waals surface area contributed by atoms with E-state index < -0.39 is 5.82 Å². The Bertz CT molecular complexity index is 782. The van der Waals surface area contributed by atoms with Crippen LogP contribution in [0, 0.1) is 12.7 Å². The van der Waals surface area contributed by atoms with E-state index >= 15 is 0 Å². The molecule has 2 aliphatic rings. The molecule has 6 nitrogen and oxygen atoms in total. The number of aryl methyl sites for hydroxylation is 1. The minimum atomic E-state index is -0.405. The first kappa shape index (κ1) is 20.5. The van der Waals surface area contributed by atoms with Gasteiger partial charge in [0.2, 0.25) is 0 Å². The molecule has 152 valence electrons. The lowest BCUT2D eigenvalue weighted by Gasteiger charge is -2.40. The van der Waals surface area contributed by atoms with Gasteiger partial charge >= 0.3 is 6.03 Å². The van der Waals surface area contributed by atoms with Gasteiger partial charge in [0.15, 0.2) is 0 Å². The number of amides is 2. The molecule has 2 N–H and O–H groups in total. The number of likely N-dealkylation sites (N-methyl/N-ethyl adjacent to an activating group) is 1. The van der Waals surface area contributed by atoms with Gasteiger partial charge in [0.25, 0.3) is 0 Å². The molecule has 28 heavy (non-hydrogen) atoms. The molecule has 1 aromatic carbocycles. The summed E-state index contributed by atoms with van der Waals surface area (Å²) in [5, 5.41) is 7.60. The van der Waals surface area contributed by atoms with Crippen LogP contribution in [0.2, 0.25) is 5.02 Å². The van der Waals surface area contributed by atoms with E-state index in [0.29, 0.717) is 17.1 Å². The first-order valence-electron chi connectivity index (χ1n) is 9.70. The summed E-state index contributed by atoms with van der Waals surface area (Å²) >= 11 is 5.94. The van der Waals surface area contributed by atoms with Crippen molar-refractivity contribution >= 4 is 23.5 Å². The molecule has 2 aliphatic heterocycles. The third-order valence-corrected chi connectivity index (χ3v) is 5.60. The van der Waals surface area contributed by atoms with E-state index in [1.807, 2.05) is 30.9 Å². The fourth-order valence-corrected chi connectivity index (χ4v) is 3.82. The van der Waals surface area contributed by atoms with Crippen LogP contribution in [-0.2, 0) is 6.54 Å². The Kier molecular flexibility index (Phi) is 6.78. The summed E-state index contributed by atoms with van der Waals surface area (Å²) in [5.74, 6) is 0.503. The summed E-state index contributed by atoms with van der Waals surface area (Å²) < 4.78 is 14.1. The molecule has 0 radical (unpaired) electrons. The number of carbonyl (C=O) groups excluding carboxylic acids is 1. The monoisotopic (exact) mass is 407 g/mol. The molecular formula is C20H27ClFN5O. The third-order valence-electron chi connectivity index (χ3n) is 5.19. The molecule has 2 heterocycles. The maximum absolute atomic E-state index is 14.1. The van der Waals surface area contributed by atoms with Crippen LogP contribution < -0.4 is 10.7 Å². The summed E-state index contributed by atoms with van der Waals surface area (Å²) in [7, 11) is 0. The molecule has 3 rings (SSSR count). The first-order valence-corrected chi connectivity index (χ1v) is 10.1. The molecule has 0 saturated carbocycles. The first-order chi connectivity index (χ1) is 13.5. The van der Waals surface area contributed by atoms with E-state index in [9.17, 15) is 9.18 Å². The van der Waals surface area contributed by atoms with E-state index in [2.05, 4.69) is 20.7 Å². The van der Waals surface area contributed by atoms with Gasteiger partial charge in [-0.2, -0.15) is 5.10 Å². The number of likely N-dealkylation sites (tertiary alicyclic amines) is 1. The smallest absolute Gasteiger partial charge is 0.317 e. The number of hydrogen-bond donors (Lipinski definition) is 2. The molecule has 0 spiro atoms. The van der Waals surface area contributed by atoms with E-state index in [1.165, 1.54) is 6.07 Å². The van der Waals surface area contributed by atoms with Crippen LogP contribution in [0.5, 0.6) is 0 Å². The van der Waals surface area contributed by atoms with Crippen molar-refractivity contribution in [1.82, 2.24) is 20.5 Å². The van der Waals surface area contributed by atoms with Crippen LogP contribution in [0.1, 0.15) is 30.9 Å². The predicted octanol–water partition coefficient (Wildman–Crippen LogP) is 3.26. The Balaban J connectivity index is 1.62. The molecule has 1 aromatic rings. The number of benzene rings is 1.